The predicted octanol–water partition coefficient (Wildman–Crippen LogP) is 1.93. The maximum Gasteiger partial charge on any atom is 0.341 e. The molecule has 0 aliphatic rings. The quantitative estimate of drug-likeness (QED) is 0.666. The number of non-ortho nitro benzene ring substituents is 1. The van der Waals surface area contributed by atoms with Crippen molar-refractivity contribution in [3.8, 4) is 11.3 Å². The van der Waals surface area contributed by atoms with Crippen LogP contribution < -0.4 is 5.56 Å². The standard InChI is InChI=1S/C14H13N3O5/c1-2-7-16-13(18)11(14(19)20)8-12(15-16)9-3-5-10(6-4-9)17(21)22/h3-6,8H,2,7H2,1H3,(H,19,20). The zero-order valence-electron chi connectivity index (χ0n) is 11.7. The number of nitro benzene ring substituents is 1. The summed E-state index contributed by atoms with van der Waals surface area (Å²) in [4.78, 5) is 33.2. The highest BCUT2D eigenvalue weighted by Crippen LogP contribution is 2.20. The molecular formula is C14H13N3O5. The highest BCUT2D eigenvalue weighted by atomic mass is 16.6. The number of carbonyl (C=O) groups is 1. The second kappa shape index (κ2) is 6.17. The van der Waals surface area contributed by atoms with E-state index in [1.807, 2.05) is 6.92 Å². The summed E-state index contributed by atoms with van der Waals surface area (Å²) in [5.41, 5.74) is -0.348. The molecule has 0 unspecified atom stereocenters. The number of hydrogen-bond acceptors (Lipinski definition) is 5. The van der Waals surface area contributed by atoms with Gasteiger partial charge in [-0.05, 0) is 24.6 Å². The molecule has 0 radical (unpaired) electrons. The molecule has 0 aliphatic heterocycles. The van der Waals surface area contributed by atoms with E-state index in [1.165, 1.54) is 30.3 Å². The summed E-state index contributed by atoms with van der Waals surface area (Å²) in [5, 5.41) is 23.9. The maximum atomic E-state index is 12.0. The Morgan fingerprint density at radius 3 is 2.50 bits per heavy atom. The number of benzene rings is 1. The van der Waals surface area contributed by atoms with E-state index in [1.54, 1.807) is 0 Å². The van der Waals surface area contributed by atoms with Crippen LogP contribution in [0.25, 0.3) is 11.3 Å². The van der Waals surface area contributed by atoms with E-state index in [0.29, 0.717) is 18.5 Å². The van der Waals surface area contributed by atoms with E-state index >= 15 is 0 Å². The second-order valence-corrected chi connectivity index (χ2v) is 4.58. The minimum Gasteiger partial charge on any atom is -0.477 e. The lowest BCUT2D eigenvalue weighted by Gasteiger charge is -2.08. The van der Waals surface area contributed by atoms with Crippen LogP contribution in [0.4, 0.5) is 5.69 Å². The Kier molecular flexibility index (Phi) is 4.31. The van der Waals surface area contributed by atoms with Gasteiger partial charge in [0.2, 0.25) is 0 Å². The Balaban J connectivity index is 2.56. The number of aryl methyl sites for hydroxylation is 1. The van der Waals surface area contributed by atoms with Gasteiger partial charge in [0.1, 0.15) is 5.56 Å². The lowest BCUT2D eigenvalue weighted by molar-refractivity contribution is -0.384. The largest absolute Gasteiger partial charge is 0.477 e. The van der Waals surface area contributed by atoms with E-state index in [0.717, 1.165) is 4.68 Å². The van der Waals surface area contributed by atoms with Gasteiger partial charge in [-0.15, -0.1) is 0 Å². The summed E-state index contributed by atoms with van der Waals surface area (Å²) in [5.74, 6) is -1.33. The molecule has 1 aromatic carbocycles. The van der Waals surface area contributed by atoms with Gasteiger partial charge in [-0.1, -0.05) is 6.92 Å². The van der Waals surface area contributed by atoms with Crippen molar-refractivity contribution in [2.24, 2.45) is 0 Å². The summed E-state index contributed by atoms with van der Waals surface area (Å²) in [6.07, 6.45) is 0.621. The highest BCUT2D eigenvalue weighted by molar-refractivity contribution is 5.88. The molecule has 22 heavy (non-hydrogen) atoms. The van der Waals surface area contributed by atoms with Crippen LogP contribution in [0.15, 0.2) is 35.1 Å². The molecule has 2 aromatic rings. The van der Waals surface area contributed by atoms with Gasteiger partial charge in [0.25, 0.3) is 11.2 Å². The second-order valence-electron chi connectivity index (χ2n) is 4.58. The van der Waals surface area contributed by atoms with Crippen LogP contribution in [0.1, 0.15) is 23.7 Å². The van der Waals surface area contributed by atoms with Crippen molar-refractivity contribution in [1.82, 2.24) is 9.78 Å². The van der Waals surface area contributed by atoms with Gasteiger partial charge in [-0.25, -0.2) is 9.48 Å². The Bertz CT molecular complexity index is 780. The molecular weight excluding hydrogens is 290 g/mol. The first kappa shape index (κ1) is 15.4. The molecule has 0 fully saturated rings. The molecule has 0 amide bonds. The SMILES string of the molecule is CCCn1nc(-c2ccc([N+](=O)[O-])cc2)cc(C(=O)O)c1=O. The normalized spacial score (nSPS) is 10.4. The lowest BCUT2D eigenvalue weighted by Crippen LogP contribution is -2.28. The highest BCUT2D eigenvalue weighted by Gasteiger charge is 2.15. The third-order valence-electron chi connectivity index (χ3n) is 3.01. The Morgan fingerprint density at radius 1 is 1.36 bits per heavy atom. The Hall–Kier alpha value is -3.03. The molecule has 1 N–H and O–H groups in total. The van der Waals surface area contributed by atoms with E-state index in [2.05, 4.69) is 5.10 Å². The summed E-state index contributed by atoms with van der Waals surface area (Å²) in [6, 6.07) is 6.71. The Morgan fingerprint density at radius 2 is 2.00 bits per heavy atom. The smallest absolute Gasteiger partial charge is 0.341 e. The number of aromatic carboxylic acids is 1. The number of hydrogen-bond donors (Lipinski definition) is 1. The van der Waals surface area contributed by atoms with Gasteiger partial charge in [-0.3, -0.25) is 14.9 Å². The van der Waals surface area contributed by atoms with Gasteiger partial charge in [0.05, 0.1) is 10.6 Å². The van der Waals surface area contributed by atoms with Gasteiger partial charge < -0.3 is 5.11 Å². The van der Waals surface area contributed by atoms with Crippen LogP contribution in [-0.2, 0) is 6.54 Å². The van der Waals surface area contributed by atoms with E-state index in [4.69, 9.17) is 5.11 Å². The topological polar surface area (TPSA) is 115 Å². The molecule has 0 atom stereocenters. The maximum absolute atomic E-state index is 12.0. The molecule has 0 spiro atoms. The van der Waals surface area contributed by atoms with E-state index in [9.17, 15) is 19.7 Å². The van der Waals surface area contributed by atoms with Gasteiger partial charge in [-0.2, -0.15) is 5.10 Å². The Labute approximate surface area is 124 Å². The fourth-order valence-corrected chi connectivity index (χ4v) is 1.95. The molecule has 8 nitrogen and oxygen atoms in total. The molecule has 1 aromatic heterocycles. The summed E-state index contributed by atoms with van der Waals surface area (Å²) < 4.78 is 1.10. The zero-order chi connectivity index (χ0) is 16.3. The monoisotopic (exact) mass is 303 g/mol. The molecule has 0 aliphatic carbocycles. The van der Waals surface area contributed by atoms with Gasteiger partial charge in [0.15, 0.2) is 0 Å². The molecule has 0 saturated heterocycles. The third-order valence-corrected chi connectivity index (χ3v) is 3.01. The zero-order valence-corrected chi connectivity index (χ0v) is 11.7. The van der Waals surface area contributed by atoms with Gasteiger partial charge >= 0.3 is 5.97 Å². The molecule has 0 saturated carbocycles. The van der Waals surface area contributed by atoms with Crippen LogP contribution in [0.2, 0.25) is 0 Å². The first-order valence-corrected chi connectivity index (χ1v) is 6.54. The summed E-state index contributed by atoms with van der Waals surface area (Å²) in [6.45, 7) is 2.13. The predicted molar refractivity (Wildman–Crippen MR) is 77.8 cm³/mol. The van der Waals surface area contributed by atoms with E-state index < -0.39 is 16.5 Å². The summed E-state index contributed by atoms with van der Waals surface area (Å²) in [7, 11) is 0. The molecule has 8 heteroatoms. The summed E-state index contributed by atoms with van der Waals surface area (Å²) >= 11 is 0. The first-order valence-electron chi connectivity index (χ1n) is 6.54. The molecule has 114 valence electrons. The van der Waals surface area contributed by atoms with Crippen molar-refractivity contribution in [2.75, 3.05) is 0 Å². The van der Waals surface area contributed by atoms with Crippen LogP contribution in [0.5, 0.6) is 0 Å². The third kappa shape index (κ3) is 3.00. The van der Waals surface area contributed by atoms with Crippen molar-refractivity contribution in [1.29, 1.82) is 0 Å². The fraction of sp³-hybridized carbons (Fsp3) is 0.214. The van der Waals surface area contributed by atoms with Crippen LogP contribution in [0.3, 0.4) is 0 Å². The number of aromatic nitrogens is 2. The van der Waals surface area contributed by atoms with Crippen LogP contribution in [-0.4, -0.2) is 25.8 Å². The minimum absolute atomic E-state index is 0.0795. The minimum atomic E-state index is -1.33. The number of carboxylic acid groups (broad SMARTS) is 1. The van der Waals surface area contributed by atoms with Crippen molar-refractivity contribution in [3.63, 3.8) is 0 Å². The molecule has 2 rings (SSSR count). The number of nitrogens with zero attached hydrogens (tertiary/aromatic N) is 3. The first-order chi connectivity index (χ1) is 10.4. The number of rotatable bonds is 5. The van der Waals surface area contributed by atoms with Crippen molar-refractivity contribution in [2.45, 2.75) is 19.9 Å². The fourth-order valence-electron chi connectivity index (χ4n) is 1.95. The van der Waals surface area contributed by atoms with E-state index in [-0.39, 0.29) is 16.9 Å². The number of carboxylic acids is 1. The van der Waals surface area contributed by atoms with Crippen molar-refractivity contribution < 1.29 is 14.8 Å². The molecule has 1 heterocycles. The van der Waals surface area contributed by atoms with Crippen molar-refractivity contribution >= 4 is 11.7 Å². The van der Waals surface area contributed by atoms with Crippen LogP contribution in [0, 0.1) is 10.1 Å². The van der Waals surface area contributed by atoms with Crippen LogP contribution >= 0.6 is 0 Å². The average molecular weight is 303 g/mol. The number of nitro groups is 1. The molecule has 0 bridgehead atoms. The van der Waals surface area contributed by atoms with Gasteiger partial charge in [0, 0.05) is 24.2 Å². The van der Waals surface area contributed by atoms with Crippen molar-refractivity contribution in [3.05, 3.63) is 56.4 Å². The lowest BCUT2D eigenvalue weighted by atomic mass is 10.1. The average Bonchev–Trinajstić information content (AvgIpc) is 2.49.